The van der Waals surface area contributed by atoms with Crippen molar-refractivity contribution in [2.24, 2.45) is 11.7 Å². The van der Waals surface area contributed by atoms with Gasteiger partial charge in [-0.3, -0.25) is 9.59 Å². The second-order valence-electron chi connectivity index (χ2n) is 6.84. The third-order valence-corrected chi connectivity index (χ3v) is 4.82. The predicted octanol–water partition coefficient (Wildman–Crippen LogP) is 0.225. The average Bonchev–Trinajstić information content (AvgIpc) is 3.12. The number of likely N-dealkylation sites (tertiary alicyclic amines) is 1. The molecule has 2 atom stereocenters. The number of carbonyl (C=O) groups is 2. The number of aromatic nitrogens is 3. The Balaban J connectivity index is 1.56. The highest BCUT2D eigenvalue weighted by molar-refractivity contribution is 5.81. The molecule has 0 saturated carbocycles. The summed E-state index contributed by atoms with van der Waals surface area (Å²) in [5, 5.41) is 6.74. The number of hydrogen-bond donors (Lipinski definition) is 1. The summed E-state index contributed by atoms with van der Waals surface area (Å²) in [5.41, 5.74) is 6.00. The first-order chi connectivity index (χ1) is 12.2. The Morgan fingerprint density at radius 3 is 2.65 bits per heavy atom. The van der Waals surface area contributed by atoms with E-state index in [9.17, 15) is 22.8 Å². The Kier molecular flexibility index (Phi) is 4.91. The van der Waals surface area contributed by atoms with Gasteiger partial charge in [0.2, 0.25) is 17.6 Å². The molecule has 2 aliphatic rings. The Hall–Kier alpha value is -2.17. The van der Waals surface area contributed by atoms with Crippen LogP contribution in [0.15, 0.2) is 0 Å². The number of alkyl halides is 3. The molecule has 2 aliphatic heterocycles. The number of fused-ring (bicyclic) bond motifs is 1. The van der Waals surface area contributed by atoms with E-state index in [0.29, 0.717) is 13.1 Å². The maximum absolute atomic E-state index is 12.8. The molecule has 0 bridgehead atoms. The molecule has 2 N–H and O–H groups in total. The monoisotopic (exact) mass is 374 g/mol. The summed E-state index contributed by atoms with van der Waals surface area (Å²) in [7, 11) is 0. The molecule has 144 valence electrons. The third-order valence-electron chi connectivity index (χ3n) is 4.82. The van der Waals surface area contributed by atoms with Crippen molar-refractivity contribution in [1.29, 1.82) is 0 Å². The molecule has 1 saturated heterocycles. The Morgan fingerprint density at radius 1 is 1.31 bits per heavy atom. The third kappa shape index (κ3) is 3.67. The van der Waals surface area contributed by atoms with E-state index in [4.69, 9.17) is 5.73 Å². The van der Waals surface area contributed by atoms with Crippen LogP contribution in [0, 0.1) is 5.92 Å². The van der Waals surface area contributed by atoms with Crippen LogP contribution in [0.1, 0.15) is 31.4 Å². The van der Waals surface area contributed by atoms with E-state index in [1.54, 1.807) is 4.90 Å². The van der Waals surface area contributed by atoms with Crippen molar-refractivity contribution < 1.29 is 22.8 Å². The zero-order valence-electron chi connectivity index (χ0n) is 14.4. The first-order valence-electron chi connectivity index (χ1n) is 8.48. The highest BCUT2D eigenvalue weighted by Crippen LogP contribution is 2.29. The van der Waals surface area contributed by atoms with Gasteiger partial charge in [0.05, 0.1) is 6.54 Å². The number of amides is 2. The van der Waals surface area contributed by atoms with Crippen LogP contribution < -0.4 is 5.73 Å². The zero-order valence-corrected chi connectivity index (χ0v) is 14.4. The summed E-state index contributed by atoms with van der Waals surface area (Å²) >= 11 is 0. The lowest BCUT2D eigenvalue weighted by Gasteiger charge is -2.29. The smallest absolute Gasteiger partial charge is 0.341 e. The summed E-state index contributed by atoms with van der Waals surface area (Å²) in [6, 6.07) is -0.512. The fourth-order valence-electron chi connectivity index (χ4n) is 3.36. The van der Waals surface area contributed by atoms with Crippen molar-refractivity contribution in [3.05, 3.63) is 11.6 Å². The molecule has 3 heterocycles. The van der Waals surface area contributed by atoms with E-state index >= 15 is 0 Å². The van der Waals surface area contributed by atoms with Crippen molar-refractivity contribution in [2.45, 2.75) is 45.1 Å². The second kappa shape index (κ2) is 6.86. The van der Waals surface area contributed by atoms with Gasteiger partial charge in [-0.05, 0) is 6.42 Å². The molecule has 2 amide bonds. The summed E-state index contributed by atoms with van der Waals surface area (Å²) in [6.07, 6.45) is -3.76. The van der Waals surface area contributed by atoms with E-state index in [0.717, 1.165) is 11.0 Å². The summed E-state index contributed by atoms with van der Waals surface area (Å²) in [4.78, 5) is 27.4. The lowest BCUT2D eigenvalue weighted by molar-refractivity contribution is -0.148. The lowest BCUT2D eigenvalue weighted by Crippen LogP contribution is -2.45. The van der Waals surface area contributed by atoms with Crippen LogP contribution >= 0.6 is 0 Å². The SMILES string of the molecule is CC1CCN(C[C@@H](N)CC(=O)N2CCn3c(nnc3C(F)(F)F)C2)C1=O. The van der Waals surface area contributed by atoms with Crippen molar-refractivity contribution in [1.82, 2.24) is 24.6 Å². The van der Waals surface area contributed by atoms with Crippen LogP contribution in [-0.2, 0) is 28.9 Å². The number of rotatable bonds is 4. The minimum atomic E-state index is -4.57. The molecule has 26 heavy (non-hydrogen) atoms. The molecule has 0 radical (unpaired) electrons. The second-order valence-corrected chi connectivity index (χ2v) is 6.84. The lowest BCUT2D eigenvalue weighted by atomic mass is 10.1. The quantitative estimate of drug-likeness (QED) is 0.813. The van der Waals surface area contributed by atoms with Crippen LogP contribution in [0.5, 0.6) is 0 Å². The molecule has 1 fully saturated rings. The predicted molar refractivity (Wildman–Crippen MR) is 83.4 cm³/mol. The Labute approximate surface area is 148 Å². The van der Waals surface area contributed by atoms with Crippen LogP contribution in [0.4, 0.5) is 13.2 Å². The van der Waals surface area contributed by atoms with Crippen molar-refractivity contribution in [3.63, 3.8) is 0 Å². The maximum atomic E-state index is 12.8. The Bertz CT molecular complexity index is 704. The molecule has 1 aromatic rings. The van der Waals surface area contributed by atoms with Crippen molar-refractivity contribution in [2.75, 3.05) is 19.6 Å². The zero-order chi connectivity index (χ0) is 19.1. The summed E-state index contributed by atoms with van der Waals surface area (Å²) in [5.74, 6) is -1.18. The first kappa shape index (κ1) is 18.6. The highest BCUT2D eigenvalue weighted by Gasteiger charge is 2.40. The van der Waals surface area contributed by atoms with Gasteiger partial charge in [-0.15, -0.1) is 10.2 Å². The molecule has 0 aliphatic carbocycles. The van der Waals surface area contributed by atoms with E-state index in [1.165, 1.54) is 4.90 Å². The van der Waals surface area contributed by atoms with Gasteiger partial charge < -0.3 is 20.1 Å². The minimum absolute atomic E-state index is 0.0136. The molecule has 0 aromatic carbocycles. The molecular weight excluding hydrogens is 353 g/mol. The van der Waals surface area contributed by atoms with Gasteiger partial charge in [0.1, 0.15) is 0 Å². The first-order valence-corrected chi connectivity index (χ1v) is 8.48. The van der Waals surface area contributed by atoms with Crippen LogP contribution in [-0.4, -0.2) is 62.1 Å². The fraction of sp³-hybridized carbons (Fsp3) is 0.733. The average molecular weight is 374 g/mol. The number of halogens is 3. The van der Waals surface area contributed by atoms with Gasteiger partial charge in [0, 0.05) is 44.6 Å². The Morgan fingerprint density at radius 2 is 2.04 bits per heavy atom. The van der Waals surface area contributed by atoms with Gasteiger partial charge in [0.25, 0.3) is 0 Å². The summed E-state index contributed by atoms with van der Waals surface area (Å²) in [6.45, 7) is 2.89. The number of nitrogens with zero attached hydrogens (tertiary/aromatic N) is 5. The molecule has 1 aromatic heterocycles. The van der Waals surface area contributed by atoms with Gasteiger partial charge in [-0.25, -0.2) is 0 Å². The fourth-order valence-corrected chi connectivity index (χ4v) is 3.36. The van der Waals surface area contributed by atoms with Crippen molar-refractivity contribution >= 4 is 11.8 Å². The number of nitrogens with two attached hydrogens (primary N) is 1. The van der Waals surface area contributed by atoms with E-state index < -0.39 is 18.0 Å². The molecule has 8 nitrogen and oxygen atoms in total. The van der Waals surface area contributed by atoms with Gasteiger partial charge in [-0.1, -0.05) is 6.92 Å². The van der Waals surface area contributed by atoms with Crippen LogP contribution in [0.3, 0.4) is 0 Å². The molecular formula is C15H21F3N6O2. The highest BCUT2D eigenvalue weighted by atomic mass is 19.4. The number of hydrogen-bond acceptors (Lipinski definition) is 5. The van der Waals surface area contributed by atoms with Crippen molar-refractivity contribution in [3.8, 4) is 0 Å². The summed E-state index contributed by atoms with van der Waals surface area (Å²) < 4.78 is 39.5. The minimum Gasteiger partial charge on any atom is -0.341 e. The van der Waals surface area contributed by atoms with Gasteiger partial charge >= 0.3 is 6.18 Å². The maximum Gasteiger partial charge on any atom is 0.451 e. The van der Waals surface area contributed by atoms with Gasteiger partial charge in [-0.2, -0.15) is 13.2 Å². The van der Waals surface area contributed by atoms with E-state index in [-0.39, 0.29) is 49.6 Å². The standard InChI is InChI=1S/C15H21F3N6O2/c1-9-2-3-23(13(9)26)7-10(19)6-12(25)22-4-5-24-11(8-22)20-21-14(24)15(16,17)18/h9-10H,2-8,19H2,1H3/t9?,10-/m0/s1. The molecule has 1 unspecified atom stereocenters. The topological polar surface area (TPSA) is 97.3 Å². The largest absolute Gasteiger partial charge is 0.451 e. The number of carbonyl (C=O) groups excluding carboxylic acids is 2. The van der Waals surface area contributed by atoms with E-state index in [1.807, 2.05) is 6.92 Å². The van der Waals surface area contributed by atoms with Crippen LogP contribution in [0.2, 0.25) is 0 Å². The van der Waals surface area contributed by atoms with Crippen LogP contribution in [0.25, 0.3) is 0 Å². The van der Waals surface area contributed by atoms with E-state index in [2.05, 4.69) is 10.2 Å². The van der Waals surface area contributed by atoms with Gasteiger partial charge in [0.15, 0.2) is 5.82 Å². The molecule has 11 heteroatoms. The molecule has 0 spiro atoms. The normalized spacial score (nSPS) is 21.9. The molecule has 3 rings (SSSR count).